The first-order valence-electron chi connectivity index (χ1n) is 8.76. The zero-order chi connectivity index (χ0) is 14.5. The van der Waals surface area contributed by atoms with Gasteiger partial charge in [0, 0.05) is 17.5 Å². The fourth-order valence-corrected chi connectivity index (χ4v) is 4.84. The molecule has 2 fully saturated rings. The molecule has 2 unspecified atom stereocenters. The van der Waals surface area contributed by atoms with Crippen molar-refractivity contribution in [2.45, 2.75) is 82.5 Å². The van der Waals surface area contributed by atoms with Crippen molar-refractivity contribution in [2.24, 2.45) is 0 Å². The zero-order valence-electron chi connectivity index (χ0n) is 13.3. The maximum atomic E-state index is 6.48. The molecule has 1 saturated carbocycles. The molecule has 0 amide bonds. The van der Waals surface area contributed by atoms with Crippen molar-refractivity contribution in [3.63, 3.8) is 0 Å². The van der Waals surface area contributed by atoms with E-state index in [9.17, 15) is 0 Å². The third-order valence-electron chi connectivity index (χ3n) is 5.16. The van der Waals surface area contributed by atoms with Crippen molar-refractivity contribution in [1.29, 1.82) is 0 Å². The molecule has 1 aliphatic heterocycles. The largest absolute Gasteiger partial charge is 0.370 e. The first kappa shape index (κ1) is 15.5. The molecule has 21 heavy (non-hydrogen) atoms. The topological polar surface area (TPSA) is 21.3 Å². The number of ether oxygens (including phenoxy) is 1. The molecule has 2 aliphatic rings. The average molecular weight is 308 g/mol. The molecule has 2 atom stereocenters. The van der Waals surface area contributed by atoms with Gasteiger partial charge in [0.25, 0.3) is 0 Å². The van der Waals surface area contributed by atoms with Crippen LogP contribution in [0.25, 0.3) is 0 Å². The van der Waals surface area contributed by atoms with Gasteiger partial charge in [-0.1, -0.05) is 38.7 Å². The van der Waals surface area contributed by atoms with Crippen LogP contribution in [-0.4, -0.2) is 18.2 Å². The lowest BCUT2D eigenvalue weighted by molar-refractivity contribution is -0.0630. The van der Waals surface area contributed by atoms with Gasteiger partial charge in [-0.3, -0.25) is 0 Å². The Morgan fingerprint density at radius 1 is 1.33 bits per heavy atom. The minimum absolute atomic E-state index is 0.258. The van der Waals surface area contributed by atoms with E-state index >= 15 is 0 Å². The van der Waals surface area contributed by atoms with Crippen LogP contribution >= 0.6 is 11.3 Å². The summed E-state index contributed by atoms with van der Waals surface area (Å²) in [4.78, 5) is 1.47. The predicted octanol–water partition coefficient (Wildman–Crippen LogP) is 5.06. The number of rotatable bonds is 6. The van der Waals surface area contributed by atoms with E-state index in [4.69, 9.17) is 4.74 Å². The molecule has 2 heterocycles. The third kappa shape index (κ3) is 3.88. The second kappa shape index (κ2) is 7.26. The summed E-state index contributed by atoms with van der Waals surface area (Å²) in [5.41, 5.74) is 0.258. The van der Waals surface area contributed by atoms with Gasteiger partial charge in [0.1, 0.15) is 0 Å². The fourth-order valence-electron chi connectivity index (χ4n) is 4.00. The van der Waals surface area contributed by atoms with Crippen LogP contribution in [0.2, 0.25) is 0 Å². The summed E-state index contributed by atoms with van der Waals surface area (Å²) in [5, 5.41) is 5.96. The second-order valence-corrected chi connectivity index (χ2v) is 7.77. The Hall–Kier alpha value is -0.380. The minimum atomic E-state index is 0.258. The molecule has 1 N–H and O–H groups in total. The maximum absolute atomic E-state index is 6.48. The van der Waals surface area contributed by atoms with Gasteiger partial charge >= 0.3 is 0 Å². The smallest absolute Gasteiger partial charge is 0.0708 e. The van der Waals surface area contributed by atoms with Crippen molar-refractivity contribution in [3.8, 4) is 0 Å². The molecule has 0 radical (unpaired) electrons. The molecule has 1 aliphatic carbocycles. The van der Waals surface area contributed by atoms with Gasteiger partial charge in [-0.2, -0.15) is 0 Å². The van der Waals surface area contributed by atoms with Crippen LogP contribution in [0.15, 0.2) is 17.5 Å². The Balaban J connectivity index is 1.50. The zero-order valence-corrected chi connectivity index (χ0v) is 14.1. The Morgan fingerprint density at radius 2 is 2.19 bits per heavy atom. The quantitative estimate of drug-likeness (QED) is 0.793. The highest BCUT2D eigenvalue weighted by Gasteiger charge is 2.40. The number of hydrogen-bond acceptors (Lipinski definition) is 3. The van der Waals surface area contributed by atoms with Crippen LogP contribution in [0.3, 0.4) is 0 Å². The van der Waals surface area contributed by atoms with Gasteiger partial charge in [0.15, 0.2) is 0 Å². The number of thiophene rings is 1. The lowest BCUT2D eigenvalue weighted by Gasteiger charge is -2.33. The normalized spacial score (nSPS) is 26.2. The highest BCUT2D eigenvalue weighted by atomic mass is 32.1. The second-order valence-electron chi connectivity index (χ2n) is 6.79. The van der Waals surface area contributed by atoms with Crippen LogP contribution in [0.5, 0.6) is 0 Å². The van der Waals surface area contributed by atoms with Gasteiger partial charge in [0.05, 0.1) is 11.7 Å². The summed E-state index contributed by atoms with van der Waals surface area (Å²) < 4.78 is 6.48. The SMILES string of the molecule is CCCC(NCC1CCC2(CCCCC2)O1)c1cccs1. The van der Waals surface area contributed by atoms with Gasteiger partial charge in [-0.15, -0.1) is 11.3 Å². The van der Waals surface area contributed by atoms with Crippen molar-refractivity contribution in [2.75, 3.05) is 6.54 Å². The highest BCUT2D eigenvalue weighted by Crippen LogP contribution is 2.41. The first-order valence-corrected chi connectivity index (χ1v) is 9.64. The molecule has 0 aromatic carbocycles. The summed E-state index contributed by atoms with van der Waals surface area (Å²) >= 11 is 1.87. The van der Waals surface area contributed by atoms with Crippen molar-refractivity contribution >= 4 is 11.3 Å². The molecule has 2 nitrogen and oxygen atoms in total. The van der Waals surface area contributed by atoms with E-state index in [1.54, 1.807) is 0 Å². The van der Waals surface area contributed by atoms with Gasteiger partial charge in [0.2, 0.25) is 0 Å². The predicted molar refractivity (Wildman–Crippen MR) is 89.9 cm³/mol. The lowest BCUT2D eigenvalue weighted by Crippen LogP contribution is -2.35. The van der Waals surface area contributed by atoms with E-state index in [-0.39, 0.29) is 5.60 Å². The van der Waals surface area contributed by atoms with Gasteiger partial charge < -0.3 is 10.1 Å². The molecule has 1 spiro atoms. The Morgan fingerprint density at radius 3 is 2.90 bits per heavy atom. The molecular formula is C18H29NOS. The average Bonchev–Trinajstić information content (AvgIpc) is 3.15. The van der Waals surface area contributed by atoms with Crippen LogP contribution < -0.4 is 5.32 Å². The van der Waals surface area contributed by atoms with E-state index in [1.807, 2.05) is 11.3 Å². The van der Waals surface area contributed by atoms with Gasteiger partial charge in [-0.05, 0) is 43.6 Å². The van der Waals surface area contributed by atoms with Crippen LogP contribution in [0.4, 0.5) is 0 Å². The molecule has 3 rings (SSSR count). The van der Waals surface area contributed by atoms with E-state index in [0.717, 1.165) is 6.54 Å². The van der Waals surface area contributed by atoms with Crippen molar-refractivity contribution in [1.82, 2.24) is 5.32 Å². The molecule has 1 aromatic heterocycles. The first-order chi connectivity index (χ1) is 10.3. The number of hydrogen-bond donors (Lipinski definition) is 1. The highest BCUT2D eigenvalue weighted by molar-refractivity contribution is 7.10. The summed E-state index contributed by atoms with van der Waals surface area (Å²) in [5.74, 6) is 0. The Bertz CT molecular complexity index is 411. The van der Waals surface area contributed by atoms with Crippen molar-refractivity contribution in [3.05, 3.63) is 22.4 Å². The number of nitrogens with one attached hydrogen (secondary N) is 1. The Kier molecular flexibility index (Phi) is 5.36. The maximum Gasteiger partial charge on any atom is 0.0708 e. The molecule has 0 bridgehead atoms. The standard InChI is InChI=1S/C18H29NOS/c1-2-7-16(17-8-6-13-21-17)19-14-15-9-12-18(20-15)10-4-3-5-11-18/h6,8,13,15-16,19H,2-5,7,9-12,14H2,1H3. The molecular weight excluding hydrogens is 278 g/mol. The van der Waals surface area contributed by atoms with Gasteiger partial charge in [-0.25, -0.2) is 0 Å². The van der Waals surface area contributed by atoms with E-state index in [0.29, 0.717) is 12.1 Å². The third-order valence-corrected chi connectivity index (χ3v) is 6.15. The summed E-state index contributed by atoms with van der Waals surface area (Å²) in [6.07, 6.45) is 12.2. The van der Waals surface area contributed by atoms with E-state index < -0.39 is 0 Å². The lowest BCUT2D eigenvalue weighted by atomic mass is 9.83. The molecule has 3 heteroatoms. The Labute approximate surface area is 133 Å². The summed E-state index contributed by atoms with van der Waals surface area (Å²) in [6, 6.07) is 4.94. The van der Waals surface area contributed by atoms with Crippen LogP contribution in [0, 0.1) is 0 Å². The van der Waals surface area contributed by atoms with Crippen molar-refractivity contribution < 1.29 is 4.74 Å². The molecule has 118 valence electrons. The molecule has 1 saturated heterocycles. The summed E-state index contributed by atoms with van der Waals surface area (Å²) in [6.45, 7) is 3.29. The fraction of sp³-hybridized carbons (Fsp3) is 0.778. The summed E-state index contributed by atoms with van der Waals surface area (Å²) in [7, 11) is 0. The van der Waals surface area contributed by atoms with E-state index in [1.165, 1.54) is 62.7 Å². The minimum Gasteiger partial charge on any atom is -0.370 e. The van der Waals surface area contributed by atoms with Crippen LogP contribution in [-0.2, 0) is 4.74 Å². The van der Waals surface area contributed by atoms with E-state index in [2.05, 4.69) is 29.8 Å². The molecule has 1 aromatic rings. The monoisotopic (exact) mass is 307 g/mol. The van der Waals surface area contributed by atoms with Crippen LogP contribution in [0.1, 0.15) is 75.6 Å².